The monoisotopic (exact) mass is 472 g/mol. The zero-order valence-corrected chi connectivity index (χ0v) is 20.5. The maximum absolute atomic E-state index is 10.9. The van der Waals surface area contributed by atoms with E-state index in [1.807, 2.05) is 24.3 Å². The third-order valence-electron chi connectivity index (χ3n) is 6.40. The molecular formula is C28H28N2O3S. The van der Waals surface area contributed by atoms with Crippen LogP contribution >= 0.6 is 11.3 Å². The molecule has 0 radical (unpaired) electrons. The molecule has 0 fully saturated rings. The van der Waals surface area contributed by atoms with Crippen molar-refractivity contribution in [3.8, 4) is 11.8 Å². The summed E-state index contributed by atoms with van der Waals surface area (Å²) in [5.41, 5.74) is 4.28. The smallest absolute Gasteiger partial charge is 0.335 e. The van der Waals surface area contributed by atoms with Crippen LogP contribution in [0.1, 0.15) is 64.7 Å². The van der Waals surface area contributed by atoms with Gasteiger partial charge in [-0.3, -0.25) is 0 Å². The van der Waals surface area contributed by atoms with Crippen molar-refractivity contribution < 1.29 is 14.6 Å². The quantitative estimate of drug-likeness (QED) is 0.400. The van der Waals surface area contributed by atoms with E-state index in [9.17, 15) is 10.1 Å². The van der Waals surface area contributed by atoms with Crippen LogP contribution in [-0.4, -0.2) is 17.3 Å². The lowest BCUT2D eigenvalue weighted by molar-refractivity contribution is 0.0697. The van der Waals surface area contributed by atoms with Crippen LogP contribution in [0.25, 0.3) is 0 Å². The first kappa shape index (κ1) is 23.7. The number of nitriles is 1. The van der Waals surface area contributed by atoms with Crippen LogP contribution < -0.4 is 4.74 Å². The molecule has 1 N–H and O–H groups in total. The fourth-order valence-electron chi connectivity index (χ4n) is 4.21. The van der Waals surface area contributed by atoms with E-state index in [4.69, 9.17) is 9.84 Å². The summed E-state index contributed by atoms with van der Waals surface area (Å²) >= 11 is 1.66. The molecule has 0 saturated carbocycles. The third-order valence-corrected chi connectivity index (χ3v) is 7.56. The molecule has 4 rings (SSSR count). The number of thiophene rings is 1. The summed E-state index contributed by atoms with van der Waals surface area (Å²) in [6, 6.07) is 16.7. The number of aliphatic imine (C=N–C) groups is 1. The van der Waals surface area contributed by atoms with Gasteiger partial charge in [0.15, 0.2) is 0 Å². The van der Waals surface area contributed by atoms with Crippen molar-refractivity contribution in [3.63, 3.8) is 0 Å². The van der Waals surface area contributed by atoms with E-state index in [2.05, 4.69) is 31.8 Å². The van der Waals surface area contributed by atoms with Crippen LogP contribution in [-0.2, 0) is 19.4 Å². The average molecular weight is 473 g/mol. The van der Waals surface area contributed by atoms with Crippen LogP contribution in [0, 0.1) is 22.7 Å². The van der Waals surface area contributed by atoms with Crippen LogP contribution in [0.5, 0.6) is 5.75 Å². The third kappa shape index (κ3) is 5.37. The Balaban J connectivity index is 1.41. The predicted octanol–water partition coefficient (Wildman–Crippen LogP) is 6.80. The highest BCUT2D eigenvalue weighted by Crippen LogP contribution is 2.44. The largest absolute Gasteiger partial charge is 0.489 e. The fourth-order valence-corrected chi connectivity index (χ4v) is 5.43. The molecule has 0 amide bonds. The van der Waals surface area contributed by atoms with E-state index in [0.717, 1.165) is 46.7 Å². The van der Waals surface area contributed by atoms with E-state index in [-0.39, 0.29) is 11.0 Å². The molecule has 1 aliphatic rings. The Morgan fingerprint density at radius 3 is 2.53 bits per heavy atom. The summed E-state index contributed by atoms with van der Waals surface area (Å²) in [5, 5.41) is 19.5. The van der Waals surface area contributed by atoms with Gasteiger partial charge in [0.05, 0.1) is 11.1 Å². The normalized spacial score (nSPS) is 15.6. The predicted molar refractivity (Wildman–Crippen MR) is 135 cm³/mol. The zero-order valence-electron chi connectivity index (χ0n) is 19.7. The van der Waals surface area contributed by atoms with Gasteiger partial charge in [-0.2, -0.15) is 5.26 Å². The number of carbonyl (C=O) groups is 1. The average Bonchev–Trinajstić information content (AvgIpc) is 3.18. The van der Waals surface area contributed by atoms with Crippen molar-refractivity contribution in [1.82, 2.24) is 0 Å². The van der Waals surface area contributed by atoms with Gasteiger partial charge in [-0.25, -0.2) is 9.79 Å². The van der Waals surface area contributed by atoms with E-state index in [0.29, 0.717) is 12.5 Å². The number of benzene rings is 2. The van der Waals surface area contributed by atoms with Crippen molar-refractivity contribution in [2.24, 2.45) is 16.3 Å². The number of carboxylic acids is 1. The molecule has 3 aromatic rings. The van der Waals surface area contributed by atoms with Gasteiger partial charge in [-0.05, 0) is 83.7 Å². The number of hydrogen-bond acceptors (Lipinski definition) is 5. The number of hydrogen-bond donors (Lipinski definition) is 1. The van der Waals surface area contributed by atoms with Crippen molar-refractivity contribution >= 4 is 28.5 Å². The van der Waals surface area contributed by atoms with E-state index in [1.165, 1.54) is 10.4 Å². The molecule has 0 bridgehead atoms. The molecular weight excluding hydrogens is 444 g/mol. The van der Waals surface area contributed by atoms with Crippen LogP contribution in [0.15, 0.2) is 53.5 Å². The first-order chi connectivity index (χ1) is 16.2. The summed E-state index contributed by atoms with van der Waals surface area (Å²) in [4.78, 5) is 16.9. The van der Waals surface area contributed by atoms with Gasteiger partial charge in [0.25, 0.3) is 0 Å². The Bertz CT molecular complexity index is 1240. The Labute approximate surface area is 204 Å². The molecule has 0 aliphatic heterocycles. The molecule has 0 spiro atoms. The topological polar surface area (TPSA) is 82.7 Å². The highest BCUT2D eigenvalue weighted by atomic mass is 32.1. The maximum Gasteiger partial charge on any atom is 0.335 e. The fraction of sp³-hybridized carbons (Fsp3) is 0.321. The number of nitrogens with zero attached hydrogens (tertiary/aromatic N) is 2. The minimum absolute atomic E-state index is 0.257. The lowest BCUT2D eigenvalue weighted by Gasteiger charge is -2.33. The van der Waals surface area contributed by atoms with Crippen LogP contribution in [0.4, 0.5) is 5.00 Å². The first-order valence-electron chi connectivity index (χ1n) is 11.4. The Morgan fingerprint density at radius 1 is 1.21 bits per heavy atom. The minimum Gasteiger partial charge on any atom is -0.489 e. The molecule has 5 nitrogen and oxygen atoms in total. The molecule has 174 valence electrons. The zero-order chi connectivity index (χ0) is 24.3. The molecule has 34 heavy (non-hydrogen) atoms. The van der Waals surface area contributed by atoms with Gasteiger partial charge in [0, 0.05) is 11.1 Å². The molecule has 1 aromatic heterocycles. The molecule has 1 aliphatic carbocycles. The standard InChI is InChI=1S/C28H28N2O3S/c1-28(2,3)21-10-13-23-24(15-29)26(34-25(23)14-21)30-16-18-6-11-22(12-7-18)33-17-19-4-8-20(9-5-19)27(31)32/h4-9,11-12,16,21H,10,13-14,17H2,1-3H3,(H,31,32)/t21-/m0/s1. The van der Waals surface area contributed by atoms with Crippen molar-refractivity contribution in [2.45, 2.75) is 46.6 Å². The number of carboxylic acid groups (broad SMARTS) is 1. The van der Waals surface area contributed by atoms with E-state index in [1.54, 1.807) is 41.8 Å². The summed E-state index contributed by atoms with van der Waals surface area (Å²) in [7, 11) is 0. The van der Waals surface area contributed by atoms with Gasteiger partial charge in [0.2, 0.25) is 0 Å². The number of rotatable bonds is 6. The first-order valence-corrected chi connectivity index (χ1v) is 12.2. The maximum atomic E-state index is 10.9. The lowest BCUT2D eigenvalue weighted by Crippen LogP contribution is -2.26. The molecule has 2 aromatic carbocycles. The van der Waals surface area contributed by atoms with Crippen molar-refractivity contribution in [2.75, 3.05) is 0 Å². The number of ether oxygens (including phenoxy) is 1. The minimum atomic E-state index is -0.941. The van der Waals surface area contributed by atoms with Crippen LogP contribution in [0.2, 0.25) is 0 Å². The van der Waals surface area contributed by atoms with Gasteiger partial charge < -0.3 is 9.84 Å². The van der Waals surface area contributed by atoms with Crippen molar-refractivity contribution in [3.05, 3.63) is 81.2 Å². The molecule has 0 saturated heterocycles. The van der Waals surface area contributed by atoms with Gasteiger partial charge in [-0.15, -0.1) is 11.3 Å². The second kappa shape index (κ2) is 9.82. The molecule has 1 heterocycles. The number of aromatic carboxylic acids is 1. The Morgan fingerprint density at radius 2 is 1.91 bits per heavy atom. The number of fused-ring (bicyclic) bond motifs is 1. The summed E-state index contributed by atoms with van der Waals surface area (Å²) in [6.07, 6.45) is 4.90. The highest BCUT2D eigenvalue weighted by molar-refractivity contribution is 7.16. The van der Waals surface area contributed by atoms with E-state index >= 15 is 0 Å². The summed E-state index contributed by atoms with van der Waals surface area (Å²) in [5.74, 6) is 0.407. The van der Waals surface area contributed by atoms with Gasteiger partial charge >= 0.3 is 5.97 Å². The summed E-state index contributed by atoms with van der Waals surface area (Å²) < 4.78 is 5.81. The molecule has 1 atom stereocenters. The van der Waals surface area contributed by atoms with Crippen molar-refractivity contribution in [1.29, 1.82) is 5.26 Å². The molecule has 6 heteroatoms. The SMILES string of the molecule is CC(C)(C)[C@H]1CCc2c(sc(N=Cc3ccc(OCc4ccc(C(=O)O)cc4)cc3)c2C#N)C1. The Hall–Kier alpha value is -3.43. The highest BCUT2D eigenvalue weighted by Gasteiger charge is 2.32. The second-order valence-electron chi connectivity index (χ2n) is 9.72. The second-order valence-corrected chi connectivity index (χ2v) is 10.8. The lowest BCUT2D eigenvalue weighted by atomic mass is 9.72. The summed E-state index contributed by atoms with van der Waals surface area (Å²) in [6.45, 7) is 7.24. The van der Waals surface area contributed by atoms with Crippen LogP contribution in [0.3, 0.4) is 0 Å². The van der Waals surface area contributed by atoms with E-state index < -0.39 is 5.97 Å². The van der Waals surface area contributed by atoms with Gasteiger partial charge in [0.1, 0.15) is 23.4 Å². The van der Waals surface area contributed by atoms with Gasteiger partial charge in [-0.1, -0.05) is 32.9 Å². The molecule has 0 unspecified atom stereocenters. The Kier molecular flexibility index (Phi) is 6.85.